The Morgan fingerprint density at radius 1 is 1.33 bits per heavy atom. The van der Waals surface area contributed by atoms with E-state index in [1.54, 1.807) is 11.4 Å². The Kier molecular flexibility index (Phi) is 4.98. The molecule has 1 heterocycles. The van der Waals surface area contributed by atoms with Crippen molar-refractivity contribution in [2.45, 2.75) is 19.3 Å². The lowest BCUT2D eigenvalue weighted by molar-refractivity contribution is 0.390. The molecule has 1 aliphatic rings. The van der Waals surface area contributed by atoms with Crippen molar-refractivity contribution in [3.8, 4) is 0 Å². The van der Waals surface area contributed by atoms with Crippen LogP contribution in [-0.4, -0.2) is 57.3 Å². The topological polar surface area (TPSA) is 52.7 Å². The molecule has 15 heavy (non-hydrogen) atoms. The maximum absolute atomic E-state index is 12.0. The lowest BCUT2D eigenvalue weighted by Crippen LogP contribution is -2.41. The molecule has 0 unspecified atom stereocenters. The van der Waals surface area contributed by atoms with Gasteiger partial charge in [-0.05, 0) is 32.9 Å². The molecule has 0 spiro atoms. The maximum Gasteiger partial charge on any atom is 0.281 e. The average molecular weight is 235 g/mol. The number of hydrogen-bond acceptors (Lipinski definition) is 3. The second kappa shape index (κ2) is 5.79. The van der Waals surface area contributed by atoms with Crippen LogP contribution in [0.25, 0.3) is 0 Å². The van der Waals surface area contributed by atoms with Crippen molar-refractivity contribution in [3.63, 3.8) is 0 Å². The van der Waals surface area contributed by atoms with Gasteiger partial charge in [0.2, 0.25) is 0 Å². The Labute approximate surface area is 92.6 Å². The van der Waals surface area contributed by atoms with Gasteiger partial charge < -0.3 is 5.32 Å². The largest absolute Gasteiger partial charge is 0.320 e. The van der Waals surface area contributed by atoms with Crippen molar-refractivity contribution in [2.24, 2.45) is 0 Å². The van der Waals surface area contributed by atoms with Crippen molar-refractivity contribution in [1.29, 1.82) is 0 Å². The lowest BCUT2D eigenvalue weighted by atomic mass is 10.4. The molecule has 6 heteroatoms. The molecule has 0 amide bonds. The van der Waals surface area contributed by atoms with E-state index in [1.807, 2.05) is 7.05 Å². The average Bonchev–Trinajstić information content (AvgIpc) is 2.71. The van der Waals surface area contributed by atoms with E-state index in [0.29, 0.717) is 19.6 Å². The van der Waals surface area contributed by atoms with Crippen LogP contribution in [0.15, 0.2) is 0 Å². The minimum absolute atomic E-state index is 0.583. The van der Waals surface area contributed by atoms with E-state index in [-0.39, 0.29) is 0 Å². The van der Waals surface area contributed by atoms with Crippen LogP contribution in [0.5, 0.6) is 0 Å². The summed E-state index contributed by atoms with van der Waals surface area (Å²) in [5.74, 6) is 0. The third-order valence-electron chi connectivity index (χ3n) is 2.68. The quantitative estimate of drug-likeness (QED) is 0.652. The fourth-order valence-corrected chi connectivity index (χ4v) is 3.18. The van der Waals surface area contributed by atoms with E-state index in [1.165, 1.54) is 4.31 Å². The standard InChI is InChI=1S/C9H21N3O2S/c1-10-6-5-7-11(2)15(13,14)12-8-3-4-9-12/h10H,3-9H2,1-2H3. The molecule has 0 aromatic heterocycles. The number of nitrogens with one attached hydrogen (secondary N) is 1. The van der Waals surface area contributed by atoms with Gasteiger partial charge in [-0.1, -0.05) is 0 Å². The predicted octanol–water partition coefficient (Wildman–Crippen LogP) is -0.132. The Bertz CT molecular complexity index is 273. The van der Waals surface area contributed by atoms with Gasteiger partial charge in [0.05, 0.1) is 0 Å². The molecule has 0 aliphatic carbocycles. The summed E-state index contributed by atoms with van der Waals surface area (Å²) >= 11 is 0. The Balaban J connectivity index is 2.45. The van der Waals surface area contributed by atoms with E-state index < -0.39 is 10.2 Å². The number of hydrogen-bond donors (Lipinski definition) is 1. The molecular formula is C9H21N3O2S. The highest BCUT2D eigenvalue weighted by molar-refractivity contribution is 7.86. The first kappa shape index (κ1) is 12.9. The number of rotatable bonds is 6. The van der Waals surface area contributed by atoms with Crippen LogP contribution in [0, 0.1) is 0 Å². The zero-order valence-electron chi connectivity index (χ0n) is 9.57. The van der Waals surface area contributed by atoms with Crippen LogP contribution in [0.3, 0.4) is 0 Å². The van der Waals surface area contributed by atoms with Crippen LogP contribution < -0.4 is 5.32 Å². The zero-order valence-corrected chi connectivity index (χ0v) is 10.4. The van der Waals surface area contributed by atoms with E-state index >= 15 is 0 Å². The second-order valence-electron chi connectivity index (χ2n) is 3.89. The van der Waals surface area contributed by atoms with Crippen molar-refractivity contribution < 1.29 is 8.42 Å². The molecule has 1 aliphatic heterocycles. The van der Waals surface area contributed by atoms with Crippen LogP contribution in [-0.2, 0) is 10.2 Å². The molecule has 5 nitrogen and oxygen atoms in total. The molecular weight excluding hydrogens is 214 g/mol. The SMILES string of the molecule is CNCCCN(C)S(=O)(=O)N1CCCC1. The zero-order chi connectivity index (χ0) is 11.3. The van der Waals surface area contributed by atoms with Crippen molar-refractivity contribution >= 4 is 10.2 Å². The van der Waals surface area contributed by atoms with E-state index in [2.05, 4.69) is 5.32 Å². The third kappa shape index (κ3) is 3.41. The van der Waals surface area contributed by atoms with Crippen LogP contribution in [0.2, 0.25) is 0 Å². The summed E-state index contributed by atoms with van der Waals surface area (Å²) in [6, 6.07) is 0. The van der Waals surface area contributed by atoms with E-state index in [0.717, 1.165) is 25.8 Å². The minimum atomic E-state index is -3.18. The van der Waals surface area contributed by atoms with Gasteiger partial charge in [-0.15, -0.1) is 0 Å². The highest BCUT2D eigenvalue weighted by Crippen LogP contribution is 2.15. The van der Waals surface area contributed by atoms with Gasteiger partial charge in [-0.3, -0.25) is 0 Å². The van der Waals surface area contributed by atoms with Crippen molar-refractivity contribution in [3.05, 3.63) is 0 Å². The number of nitrogens with zero attached hydrogens (tertiary/aromatic N) is 2. The van der Waals surface area contributed by atoms with Gasteiger partial charge in [-0.25, -0.2) is 0 Å². The van der Waals surface area contributed by atoms with Gasteiger partial charge in [0.15, 0.2) is 0 Å². The van der Waals surface area contributed by atoms with E-state index in [4.69, 9.17) is 0 Å². The van der Waals surface area contributed by atoms with Crippen LogP contribution in [0.1, 0.15) is 19.3 Å². The summed E-state index contributed by atoms with van der Waals surface area (Å²) in [6.45, 7) is 2.79. The smallest absolute Gasteiger partial charge is 0.281 e. The molecule has 0 bridgehead atoms. The molecule has 0 aromatic carbocycles. The molecule has 0 aromatic rings. The minimum Gasteiger partial charge on any atom is -0.320 e. The maximum atomic E-state index is 12.0. The van der Waals surface area contributed by atoms with Gasteiger partial charge in [0.25, 0.3) is 10.2 Å². The fraction of sp³-hybridized carbons (Fsp3) is 1.00. The normalized spacial score (nSPS) is 18.9. The Hall–Kier alpha value is -0.170. The van der Waals surface area contributed by atoms with Gasteiger partial charge in [0, 0.05) is 26.7 Å². The molecule has 0 saturated carbocycles. The highest BCUT2D eigenvalue weighted by atomic mass is 32.2. The molecule has 1 N–H and O–H groups in total. The molecule has 0 atom stereocenters. The molecule has 0 radical (unpaired) electrons. The summed E-state index contributed by atoms with van der Waals surface area (Å²) in [7, 11) is 0.346. The first-order chi connectivity index (χ1) is 7.09. The third-order valence-corrected chi connectivity index (χ3v) is 4.67. The lowest BCUT2D eigenvalue weighted by Gasteiger charge is -2.23. The highest BCUT2D eigenvalue weighted by Gasteiger charge is 2.28. The summed E-state index contributed by atoms with van der Waals surface area (Å²) in [6.07, 6.45) is 2.83. The van der Waals surface area contributed by atoms with Gasteiger partial charge in [-0.2, -0.15) is 17.0 Å². The Morgan fingerprint density at radius 3 is 2.47 bits per heavy atom. The summed E-state index contributed by atoms with van der Waals surface area (Å²) < 4.78 is 26.9. The summed E-state index contributed by atoms with van der Waals surface area (Å²) in [4.78, 5) is 0. The monoisotopic (exact) mass is 235 g/mol. The Morgan fingerprint density at radius 2 is 1.93 bits per heavy atom. The summed E-state index contributed by atoms with van der Waals surface area (Å²) in [5, 5.41) is 3.01. The molecule has 1 fully saturated rings. The molecule has 90 valence electrons. The van der Waals surface area contributed by atoms with Crippen molar-refractivity contribution in [2.75, 3.05) is 40.3 Å². The van der Waals surface area contributed by atoms with E-state index in [9.17, 15) is 8.42 Å². The van der Waals surface area contributed by atoms with Crippen LogP contribution in [0.4, 0.5) is 0 Å². The molecule has 1 saturated heterocycles. The van der Waals surface area contributed by atoms with Crippen molar-refractivity contribution in [1.82, 2.24) is 13.9 Å². The molecule has 1 rings (SSSR count). The summed E-state index contributed by atoms with van der Waals surface area (Å²) in [5.41, 5.74) is 0. The van der Waals surface area contributed by atoms with Crippen LogP contribution >= 0.6 is 0 Å². The van der Waals surface area contributed by atoms with Gasteiger partial charge >= 0.3 is 0 Å². The first-order valence-electron chi connectivity index (χ1n) is 5.45. The fourth-order valence-electron chi connectivity index (χ4n) is 1.71. The van der Waals surface area contributed by atoms with Gasteiger partial charge in [0.1, 0.15) is 0 Å². The first-order valence-corrected chi connectivity index (χ1v) is 6.84. The predicted molar refractivity (Wildman–Crippen MR) is 60.9 cm³/mol. The second-order valence-corrected chi connectivity index (χ2v) is 5.93.